The van der Waals surface area contributed by atoms with Crippen LogP contribution in [-0.2, 0) is 46.5 Å². The van der Waals surface area contributed by atoms with Gasteiger partial charge in [-0.25, -0.2) is 9.59 Å². The number of hydrogen-bond donors (Lipinski definition) is 5. The van der Waals surface area contributed by atoms with E-state index < -0.39 is 66.0 Å². The summed E-state index contributed by atoms with van der Waals surface area (Å²) in [5, 5.41) is 19.1. The Bertz CT molecular complexity index is 1280. The van der Waals surface area contributed by atoms with Crippen molar-refractivity contribution in [2.75, 3.05) is 6.54 Å². The van der Waals surface area contributed by atoms with Gasteiger partial charge in [-0.15, -0.1) is 0 Å². The third-order valence-electron chi connectivity index (χ3n) is 5.97. The first-order valence-corrected chi connectivity index (χ1v) is 14.1. The number of alkyl carbamates (subject to hydrolysis) is 1. The van der Waals surface area contributed by atoms with Gasteiger partial charge in [0.05, 0.1) is 6.54 Å². The highest BCUT2D eigenvalue weighted by atomic mass is 16.6. The molecule has 0 unspecified atom stereocenters. The summed E-state index contributed by atoms with van der Waals surface area (Å²) >= 11 is 0. The Morgan fingerprint density at radius 1 is 0.795 bits per heavy atom. The van der Waals surface area contributed by atoms with Crippen LogP contribution < -0.4 is 21.3 Å². The summed E-state index contributed by atoms with van der Waals surface area (Å²) in [6, 6.07) is 14.3. The highest BCUT2D eigenvalue weighted by molar-refractivity contribution is 5.93. The predicted molar refractivity (Wildman–Crippen MR) is 159 cm³/mol. The minimum atomic E-state index is -1.39. The lowest BCUT2D eigenvalue weighted by molar-refractivity contribution is -0.155. The Balaban J connectivity index is 1.89. The number of nitrogens with one attached hydrogen (secondary N) is 4. The van der Waals surface area contributed by atoms with E-state index in [1.54, 1.807) is 69.3 Å². The van der Waals surface area contributed by atoms with Gasteiger partial charge in [-0.05, 0) is 45.2 Å². The molecule has 13 heteroatoms. The normalized spacial score (nSPS) is 12.9. The van der Waals surface area contributed by atoms with Gasteiger partial charge in [-0.3, -0.25) is 19.2 Å². The first-order chi connectivity index (χ1) is 20.7. The standard InChI is InChI=1S/C31H40N4O9/c1-20(27(38)34-23(29(40)41)15-16-26(37)44-31(2,3)4)33-25(36)18-32-28(39)24(17-21-11-7-5-8-12-21)35-30(42)43-19-22-13-9-6-10-14-22/h5-14,20,23-24H,15-19H2,1-4H3,(H,32,39)(H,33,36)(H,34,38)(H,35,42)(H,40,41)/t20-,23-,24-/m0/s1. The van der Waals surface area contributed by atoms with Crippen LogP contribution in [0.25, 0.3) is 0 Å². The summed E-state index contributed by atoms with van der Waals surface area (Å²) in [5.74, 6) is -4.16. The lowest BCUT2D eigenvalue weighted by Gasteiger charge is -2.21. The van der Waals surface area contributed by atoms with Crippen molar-refractivity contribution in [3.63, 3.8) is 0 Å². The molecule has 13 nitrogen and oxygen atoms in total. The van der Waals surface area contributed by atoms with Crippen LogP contribution in [-0.4, -0.2) is 71.1 Å². The maximum Gasteiger partial charge on any atom is 0.408 e. The summed E-state index contributed by atoms with van der Waals surface area (Å²) in [7, 11) is 0. The van der Waals surface area contributed by atoms with Crippen molar-refractivity contribution in [1.82, 2.24) is 21.3 Å². The second-order valence-electron chi connectivity index (χ2n) is 11.0. The quantitative estimate of drug-likeness (QED) is 0.187. The van der Waals surface area contributed by atoms with E-state index in [4.69, 9.17) is 9.47 Å². The molecule has 238 valence electrons. The zero-order valence-electron chi connectivity index (χ0n) is 25.3. The van der Waals surface area contributed by atoms with Crippen LogP contribution in [0.4, 0.5) is 4.79 Å². The molecule has 0 heterocycles. The van der Waals surface area contributed by atoms with Crippen molar-refractivity contribution in [1.29, 1.82) is 0 Å². The fraction of sp³-hybridized carbons (Fsp3) is 0.419. The Kier molecular flexibility index (Phi) is 13.8. The molecule has 2 aromatic rings. The van der Waals surface area contributed by atoms with E-state index in [0.29, 0.717) is 0 Å². The molecular formula is C31H40N4O9. The number of carbonyl (C=O) groups is 6. The molecule has 0 saturated carbocycles. The monoisotopic (exact) mass is 612 g/mol. The number of carboxylic acids is 1. The molecule has 0 aromatic heterocycles. The predicted octanol–water partition coefficient (Wildman–Crippen LogP) is 1.84. The van der Waals surface area contributed by atoms with Crippen LogP contribution in [0, 0.1) is 0 Å². The number of carboxylic acid groups (broad SMARTS) is 1. The maximum absolute atomic E-state index is 13.0. The van der Waals surface area contributed by atoms with Gasteiger partial charge < -0.3 is 35.8 Å². The molecule has 0 saturated heterocycles. The minimum absolute atomic E-state index is 0.00154. The number of rotatable bonds is 15. The molecular weight excluding hydrogens is 572 g/mol. The molecule has 0 radical (unpaired) electrons. The van der Waals surface area contributed by atoms with E-state index in [1.807, 2.05) is 12.1 Å². The van der Waals surface area contributed by atoms with Gasteiger partial charge in [0, 0.05) is 12.8 Å². The third-order valence-corrected chi connectivity index (χ3v) is 5.97. The number of esters is 1. The molecule has 44 heavy (non-hydrogen) atoms. The van der Waals surface area contributed by atoms with Crippen molar-refractivity contribution in [3.8, 4) is 0 Å². The maximum atomic E-state index is 13.0. The van der Waals surface area contributed by atoms with Gasteiger partial charge >= 0.3 is 18.0 Å². The van der Waals surface area contributed by atoms with Crippen LogP contribution in [0.15, 0.2) is 60.7 Å². The Morgan fingerprint density at radius 2 is 1.39 bits per heavy atom. The lowest BCUT2D eigenvalue weighted by atomic mass is 10.1. The molecule has 0 bridgehead atoms. The molecule has 0 spiro atoms. The average molecular weight is 613 g/mol. The Labute approximate surface area is 256 Å². The summed E-state index contributed by atoms with van der Waals surface area (Å²) in [6.45, 7) is 5.84. The van der Waals surface area contributed by atoms with Crippen LogP contribution in [0.1, 0.15) is 51.7 Å². The smallest absolute Gasteiger partial charge is 0.408 e. The zero-order valence-corrected chi connectivity index (χ0v) is 25.3. The van der Waals surface area contributed by atoms with E-state index >= 15 is 0 Å². The summed E-state index contributed by atoms with van der Waals surface area (Å²) in [5.41, 5.74) is 0.779. The molecule has 2 rings (SSSR count). The van der Waals surface area contributed by atoms with Gasteiger partial charge in [0.2, 0.25) is 17.7 Å². The van der Waals surface area contributed by atoms with E-state index in [1.165, 1.54) is 6.92 Å². The topological polar surface area (TPSA) is 189 Å². The van der Waals surface area contributed by atoms with E-state index in [-0.39, 0.29) is 25.9 Å². The number of carbonyl (C=O) groups excluding carboxylic acids is 5. The van der Waals surface area contributed by atoms with Crippen LogP contribution >= 0.6 is 0 Å². The van der Waals surface area contributed by atoms with Crippen LogP contribution in [0.3, 0.4) is 0 Å². The number of amides is 4. The van der Waals surface area contributed by atoms with E-state index in [0.717, 1.165) is 11.1 Å². The van der Waals surface area contributed by atoms with Crippen molar-refractivity contribution in [2.24, 2.45) is 0 Å². The van der Waals surface area contributed by atoms with Crippen LogP contribution in [0.5, 0.6) is 0 Å². The molecule has 4 amide bonds. The SMILES string of the molecule is C[C@H](NC(=O)CNC(=O)[C@H](Cc1ccccc1)NC(=O)OCc1ccccc1)C(=O)N[C@@H](CCC(=O)OC(C)(C)C)C(=O)O. The summed E-state index contributed by atoms with van der Waals surface area (Å²) < 4.78 is 10.4. The minimum Gasteiger partial charge on any atom is -0.480 e. The van der Waals surface area contributed by atoms with Crippen molar-refractivity contribution < 1.29 is 43.3 Å². The van der Waals surface area contributed by atoms with Crippen molar-refractivity contribution >= 4 is 35.8 Å². The second kappa shape index (κ2) is 17.2. The zero-order chi connectivity index (χ0) is 32.7. The third kappa shape index (κ3) is 13.8. The highest BCUT2D eigenvalue weighted by Gasteiger charge is 2.27. The van der Waals surface area contributed by atoms with Crippen molar-refractivity contribution in [2.45, 2.75) is 77.3 Å². The first-order valence-electron chi connectivity index (χ1n) is 14.1. The number of aliphatic carboxylic acids is 1. The second-order valence-corrected chi connectivity index (χ2v) is 11.0. The highest BCUT2D eigenvalue weighted by Crippen LogP contribution is 2.10. The molecule has 0 aliphatic heterocycles. The molecule has 0 aliphatic carbocycles. The number of benzene rings is 2. The van der Waals surface area contributed by atoms with E-state index in [9.17, 15) is 33.9 Å². The molecule has 5 N–H and O–H groups in total. The van der Waals surface area contributed by atoms with Crippen LogP contribution in [0.2, 0.25) is 0 Å². The Hall–Kier alpha value is -4.94. The number of hydrogen-bond acceptors (Lipinski definition) is 8. The Morgan fingerprint density at radius 3 is 1.95 bits per heavy atom. The van der Waals surface area contributed by atoms with Gasteiger partial charge in [0.15, 0.2) is 0 Å². The van der Waals surface area contributed by atoms with E-state index in [2.05, 4.69) is 21.3 Å². The van der Waals surface area contributed by atoms with Gasteiger partial charge in [0.1, 0.15) is 30.3 Å². The molecule has 0 aliphatic rings. The van der Waals surface area contributed by atoms with Gasteiger partial charge in [-0.2, -0.15) is 0 Å². The molecule has 3 atom stereocenters. The first kappa shape index (κ1) is 35.3. The largest absolute Gasteiger partial charge is 0.480 e. The lowest BCUT2D eigenvalue weighted by Crippen LogP contribution is -2.53. The summed E-state index contributed by atoms with van der Waals surface area (Å²) in [4.78, 5) is 74.0. The average Bonchev–Trinajstić information content (AvgIpc) is 2.96. The summed E-state index contributed by atoms with van der Waals surface area (Å²) in [6.07, 6.45) is -1.15. The molecule has 2 aromatic carbocycles. The number of ether oxygens (including phenoxy) is 2. The van der Waals surface area contributed by atoms with Gasteiger partial charge in [0.25, 0.3) is 0 Å². The van der Waals surface area contributed by atoms with Gasteiger partial charge in [-0.1, -0.05) is 60.7 Å². The molecule has 0 fully saturated rings. The van der Waals surface area contributed by atoms with Crippen molar-refractivity contribution in [3.05, 3.63) is 71.8 Å². The fourth-order valence-electron chi connectivity index (χ4n) is 3.82. The fourth-order valence-corrected chi connectivity index (χ4v) is 3.82.